The van der Waals surface area contributed by atoms with Gasteiger partial charge in [-0.05, 0) is 131 Å². The number of aliphatic carboxylic acids is 1. The molecule has 7 heteroatoms. The Labute approximate surface area is 220 Å². The Morgan fingerprint density at radius 1 is 0.829 bits per heavy atom. The first-order chi connectivity index (χ1) is 16.5. The summed E-state index contributed by atoms with van der Waals surface area (Å²) in [6.07, 6.45) is 17.8. The number of hydrogen-bond acceptors (Lipinski definition) is 4. The minimum Gasteiger partial charge on any atom is -0.616 e. The molecule has 2 aliphatic rings. The van der Waals surface area contributed by atoms with Crippen LogP contribution in [-0.4, -0.2) is 52.9 Å². The zero-order valence-corrected chi connectivity index (χ0v) is 24.1. The Balaban J connectivity index is 1.78. The maximum absolute atomic E-state index is 13.2. The number of aliphatic hydroxyl groups is 1. The van der Waals surface area contributed by atoms with Crippen molar-refractivity contribution in [2.24, 2.45) is 10.8 Å². The monoisotopic (exact) mass is 530 g/mol. The average molecular weight is 531 g/mol. The largest absolute Gasteiger partial charge is 0.616 e. The molecule has 0 aromatic rings. The summed E-state index contributed by atoms with van der Waals surface area (Å²) in [6.45, 7) is 7.93. The number of aliphatic hydroxyl groups excluding tert-OH is 1. The van der Waals surface area contributed by atoms with E-state index in [-0.39, 0.29) is 33.0 Å². The lowest BCUT2D eigenvalue weighted by Gasteiger charge is -2.33. The molecule has 2 aliphatic heterocycles. The van der Waals surface area contributed by atoms with Crippen LogP contribution < -0.4 is 0 Å². The SMILES string of the molecule is CC(C)(CO)CCCCC1CCCC(C=CC2CCCC(CCCCC(C)(C)C(=O)O)[S+]2[O-])[S+]1[O-]. The van der Waals surface area contributed by atoms with Gasteiger partial charge in [-0.15, -0.1) is 0 Å². The van der Waals surface area contributed by atoms with Gasteiger partial charge in [-0.3, -0.25) is 4.79 Å². The van der Waals surface area contributed by atoms with E-state index in [4.69, 9.17) is 0 Å². The van der Waals surface area contributed by atoms with Crippen LogP contribution in [0.1, 0.15) is 118 Å². The number of hydrogen-bond donors (Lipinski definition) is 2. The molecule has 0 amide bonds. The van der Waals surface area contributed by atoms with Gasteiger partial charge in [-0.25, -0.2) is 0 Å². The van der Waals surface area contributed by atoms with Crippen LogP contribution in [-0.2, 0) is 27.1 Å². The van der Waals surface area contributed by atoms with Gasteiger partial charge in [0.1, 0.15) is 21.0 Å². The van der Waals surface area contributed by atoms with Crippen molar-refractivity contribution in [3.63, 3.8) is 0 Å². The Morgan fingerprint density at radius 3 is 1.71 bits per heavy atom. The zero-order valence-electron chi connectivity index (χ0n) is 22.5. The van der Waals surface area contributed by atoms with Crippen molar-refractivity contribution in [1.29, 1.82) is 0 Å². The van der Waals surface area contributed by atoms with E-state index in [1.165, 1.54) is 0 Å². The predicted octanol–water partition coefficient (Wildman–Crippen LogP) is 6.13. The first-order valence-electron chi connectivity index (χ1n) is 13.8. The van der Waals surface area contributed by atoms with Crippen LogP contribution in [0.5, 0.6) is 0 Å². The van der Waals surface area contributed by atoms with Crippen LogP contribution >= 0.6 is 0 Å². The molecule has 2 fully saturated rings. The summed E-state index contributed by atoms with van der Waals surface area (Å²) in [5.41, 5.74) is -0.722. The van der Waals surface area contributed by atoms with Gasteiger partial charge in [0.2, 0.25) is 0 Å². The molecule has 2 saturated heterocycles. The Morgan fingerprint density at radius 2 is 1.29 bits per heavy atom. The lowest BCUT2D eigenvalue weighted by atomic mass is 9.87. The third-order valence-electron chi connectivity index (χ3n) is 8.04. The van der Waals surface area contributed by atoms with Crippen molar-refractivity contribution < 1.29 is 24.1 Å². The molecule has 0 aromatic heterocycles. The first-order valence-corrected chi connectivity index (χ1v) is 16.3. The smallest absolute Gasteiger partial charge is 0.309 e. The van der Waals surface area contributed by atoms with Crippen molar-refractivity contribution in [3.8, 4) is 0 Å². The summed E-state index contributed by atoms with van der Waals surface area (Å²) in [6, 6.07) is 0. The van der Waals surface area contributed by atoms with E-state index < -0.39 is 33.7 Å². The molecule has 5 nitrogen and oxygen atoms in total. The second-order valence-corrected chi connectivity index (χ2v) is 16.1. The summed E-state index contributed by atoms with van der Waals surface area (Å²) in [7, 11) is 0. The minimum absolute atomic E-state index is 0.0282. The maximum Gasteiger partial charge on any atom is 0.309 e. The highest BCUT2D eigenvalue weighted by molar-refractivity contribution is 7.93. The van der Waals surface area contributed by atoms with Gasteiger partial charge in [0.25, 0.3) is 0 Å². The average Bonchev–Trinajstić information content (AvgIpc) is 2.81. The quantitative estimate of drug-likeness (QED) is 0.160. The van der Waals surface area contributed by atoms with Crippen LogP contribution in [0.2, 0.25) is 0 Å². The second kappa shape index (κ2) is 14.7. The lowest BCUT2D eigenvalue weighted by Crippen LogP contribution is -2.37. The minimum atomic E-state index is -0.912. The number of unbranched alkanes of at least 4 members (excludes halogenated alkanes) is 2. The topological polar surface area (TPSA) is 104 Å². The van der Waals surface area contributed by atoms with Crippen molar-refractivity contribution in [2.75, 3.05) is 6.61 Å². The van der Waals surface area contributed by atoms with Gasteiger partial charge in [0.05, 0.1) is 5.41 Å². The van der Waals surface area contributed by atoms with Crippen molar-refractivity contribution in [2.45, 2.75) is 139 Å². The van der Waals surface area contributed by atoms with Crippen molar-refractivity contribution in [3.05, 3.63) is 12.2 Å². The molecule has 6 atom stereocenters. The van der Waals surface area contributed by atoms with Crippen LogP contribution in [0.15, 0.2) is 12.2 Å². The Hall–Kier alpha value is -0.210. The van der Waals surface area contributed by atoms with Gasteiger partial charge in [-0.1, -0.05) is 26.7 Å². The van der Waals surface area contributed by atoms with Crippen LogP contribution in [0.3, 0.4) is 0 Å². The predicted molar refractivity (Wildman–Crippen MR) is 147 cm³/mol. The van der Waals surface area contributed by atoms with E-state index in [1.807, 2.05) is 0 Å². The van der Waals surface area contributed by atoms with Gasteiger partial charge in [0.15, 0.2) is 0 Å². The fraction of sp³-hybridized carbons (Fsp3) is 0.893. The van der Waals surface area contributed by atoms with E-state index >= 15 is 0 Å². The molecule has 6 unspecified atom stereocenters. The van der Waals surface area contributed by atoms with Crippen molar-refractivity contribution >= 4 is 28.3 Å². The van der Waals surface area contributed by atoms with Crippen LogP contribution in [0, 0.1) is 10.8 Å². The molecule has 2 N–H and O–H groups in total. The van der Waals surface area contributed by atoms with E-state index in [2.05, 4.69) is 26.0 Å². The summed E-state index contributed by atoms with van der Waals surface area (Å²) in [5, 5.41) is 19.3. The second-order valence-electron chi connectivity index (χ2n) is 12.2. The number of carboxylic acids is 1. The van der Waals surface area contributed by atoms with Crippen LogP contribution in [0.4, 0.5) is 0 Å². The van der Waals surface area contributed by atoms with E-state index in [0.29, 0.717) is 6.42 Å². The van der Waals surface area contributed by atoms with Crippen molar-refractivity contribution in [1.82, 2.24) is 0 Å². The summed E-state index contributed by atoms with van der Waals surface area (Å²) >= 11 is -1.78. The third-order valence-corrected chi connectivity index (χ3v) is 12.3. The molecule has 204 valence electrons. The molecule has 0 aliphatic carbocycles. The molecule has 0 aromatic carbocycles. The van der Waals surface area contributed by atoms with Gasteiger partial charge in [0, 0.05) is 6.61 Å². The highest BCUT2D eigenvalue weighted by Gasteiger charge is 2.36. The summed E-state index contributed by atoms with van der Waals surface area (Å²) < 4.78 is 26.4. The molecule has 0 bridgehead atoms. The fourth-order valence-electron chi connectivity index (χ4n) is 5.27. The molecule has 2 rings (SSSR count). The van der Waals surface area contributed by atoms with Gasteiger partial charge >= 0.3 is 5.97 Å². The highest BCUT2D eigenvalue weighted by atomic mass is 32.2. The van der Waals surface area contributed by atoms with E-state index in [1.54, 1.807) is 13.8 Å². The maximum atomic E-state index is 13.2. The molecule has 0 saturated carbocycles. The molecule has 35 heavy (non-hydrogen) atoms. The third kappa shape index (κ3) is 10.2. The number of rotatable bonds is 14. The molecule has 0 spiro atoms. The fourth-order valence-corrected chi connectivity index (χ4v) is 9.14. The highest BCUT2D eigenvalue weighted by Crippen LogP contribution is 2.34. The van der Waals surface area contributed by atoms with E-state index in [0.717, 1.165) is 83.5 Å². The van der Waals surface area contributed by atoms with Gasteiger partial charge < -0.3 is 19.3 Å². The summed E-state index contributed by atoms with van der Waals surface area (Å²) in [4.78, 5) is 11.3. The first kappa shape index (κ1) is 31.0. The molecular formula is C28H50O5S2. The number of carbonyl (C=O) groups is 1. The molecule has 0 radical (unpaired) electrons. The normalized spacial score (nSPS) is 30.6. The lowest BCUT2D eigenvalue weighted by molar-refractivity contribution is -0.147. The van der Waals surface area contributed by atoms with Gasteiger partial charge in [-0.2, -0.15) is 0 Å². The van der Waals surface area contributed by atoms with Crippen LogP contribution in [0.25, 0.3) is 0 Å². The van der Waals surface area contributed by atoms with E-state index in [9.17, 15) is 24.1 Å². The zero-order chi connectivity index (χ0) is 26.1. The molecule has 2 heterocycles. The Kier molecular flexibility index (Phi) is 13.0. The Bertz CT molecular complexity index is 666. The summed E-state index contributed by atoms with van der Waals surface area (Å²) in [5.74, 6) is -0.753. The molecular weight excluding hydrogens is 480 g/mol. The number of carboxylic acid groups (broad SMARTS) is 1. The standard InChI is InChI=1S/C28H50O5S2/c1-27(2,21-29)19-7-5-11-22-13-9-15-24(34(22)32)17-18-25-16-10-14-23(35(25)33)12-6-8-20-28(3,4)26(30)31/h17-18,22-25,29H,5-16,19-21H2,1-4H3,(H,30,31).